The van der Waals surface area contributed by atoms with E-state index in [1.54, 1.807) is 11.3 Å². The summed E-state index contributed by atoms with van der Waals surface area (Å²) in [5.74, 6) is 0. The van der Waals surface area contributed by atoms with Gasteiger partial charge in [-0.05, 0) is 69.2 Å². The molecule has 1 heterocycles. The molecule has 16 heavy (non-hydrogen) atoms. The molecule has 1 aromatic heterocycles. The molecule has 0 aliphatic carbocycles. The average molecular weight is 433 g/mol. The summed E-state index contributed by atoms with van der Waals surface area (Å²) in [6.45, 7) is 2.24. The van der Waals surface area contributed by atoms with Crippen molar-refractivity contribution in [3.63, 3.8) is 0 Å². The first-order chi connectivity index (χ1) is 7.63. The Morgan fingerprint density at radius 2 is 2.00 bits per heavy atom. The summed E-state index contributed by atoms with van der Waals surface area (Å²) in [6, 6.07) is 2.23. The maximum Gasteiger partial charge on any atom is 0.0742 e. The van der Waals surface area contributed by atoms with Gasteiger partial charge in [0.05, 0.1) is 7.57 Å². The molecule has 0 radical (unpaired) electrons. The number of unbranched alkanes of at least 4 members (excludes halogenated alkanes) is 2. The van der Waals surface area contributed by atoms with Gasteiger partial charge in [0.1, 0.15) is 0 Å². The monoisotopic (exact) mass is 430 g/mol. The Morgan fingerprint density at radius 3 is 2.56 bits per heavy atom. The molecule has 0 N–H and O–H groups in total. The van der Waals surface area contributed by atoms with Crippen LogP contribution < -0.4 is 0 Å². The van der Waals surface area contributed by atoms with Gasteiger partial charge in [-0.15, -0.1) is 11.3 Å². The number of thiophene rings is 1. The molecular formula is C12H17Br3S. The molecule has 0 aliphatic rings. The second-order valence-corrected chi connectivity index (χ2v) is 9.00. The van der Waals surface area contributed by atoms with Gasteiger partial charge in [0.15, 0.2) is 0 Å². The minimum absolute atomic E-state index is 0.717. The van der Waals surface area contributed by atoms with Gasteiger partial charge in [-0.1, -0.05) is 35.7 Å². The molecule has 0 bridgehead atoms. The fourth-order valence-electron chi connectivity index (χ4n) is 1.61. The van der Waals surface area contributed by atoms with Gasteiger partial charge in [-0.3, -0.25) is 0 Å². The minimum Gasteiger partial charge on any atom is -0.121 e. The highest BCUT2D eigenvalue weighted by atomic mass is 79.9. The lowest BCUT2D eigenvalue weighted by Crippen LogP contribution is -1.94. The second-order valence-electron chi connectivity index (χ2n) is 3.95. The first-order valence-corrected chi connectivity index (χ1v) is 9.03. The molecule has 0 fully saturated rings. The van der Waals surface area contributed by atoms with E-state index in [0.29, 0.717) is 0 Å². The largest absolute Gasteiger partial charge is 0.121 e. The standard InChI is InChI=1S/C12H17Br3S/c1-2-10(13)7-5-3-4-6-9-8-11(14)16-12(9)15/h8,10H,2-7H2,1H3. The van der Waals surface area contributed by atoms with Crippen LogP contribution in [-0.4, -0.2) is 4.83 Å². The molecule has 0 nitrogen and oxygen atoms in total. The fourth-order valence-corrected chi connectivity index (χ4v) is 4.84. The zero-order valence-corrected chi connectivity index (χ0v) is 15.0. The number of alkyl halides is 1. The van der Waals surface area contributed by atoms with Crippen molar-refractivity contribution in [2.45, 2.75) is 50.3 Å². The third-order valence-electron chi connectivity index (χ3n) is 2.63. The number of hydrogen-bond donors (Lipinski definition) is 0. The minimum atomic E-state index is 0.717. The Labute approximate surface area is 128 Å². The van der Waals surface area contributed by atoms with Crippen molar-refractivity contribution in [1.29, 1.82) is 0 Å². The first kappa shape index (κ1) is 15.2. The van der Waals surface area contributed by atoms with E-state index in [1.807, 2.05) is 0 Å². The highest BCUT2D eigenvalue weighted by Crippen LogP contribution is 2.32. The zero-order valence-electron chi connectivity index (χ0n) is 9.44. The summed E-state index contributed by atoms with van der Waals surface area (Å²) in [5, 5.41) is 0. The lowest BCUT2D eigenvalue weighted by molar-refractivity contribution is 0.621. The van der Waals surface area contributed by atoms with Crippen LogP contribution in [-0.2, 0) is 6.42 Å². The van der Waals surface area contributed by atoms with Crippen molar-refractivity contribution >= 4 is 59.1 Å². The molecule has 4 heteroatoms. The lowest BCUT2D eigenvalue weighted by Gasteiger charge is -2.05. The summed E-state index contributed by atoms with van der Waals surface area (Å²) >= 11 is 12.6. The summed E-state index contributed by atoms with van der Waals surface area (Å²) in [5.41, 5.74) is 1.45. The van der Waals surface area contributed by atoms with Crippen LogP contribution in [0.2, 0.25) is 0 Å². The zero-order chi connectivity index (χ0) is 12.0. The van der Waals surface area contributed by atoms with Gasteiger partial charge in [0, 0.05) is 4.83 Å². The molecule has 0 saturated carbocycles. The lowest BCUT2D eigenvalue weighted by atomic mass is 10.1. The number of halogens is 3. The van der Waals surface area contributed by atoms with Crippen LogP contribution in [0.4, 0.5) is 0 Å². The van der Waals surface area contributed by atoms with Crippen molar-refractivity contribution in [3.8, 4) is 0 Å². The molecule has 0 amide bonds. The maximum absolute atomic E-state index is 3.68. The molecule has 1 aromatic rings. The van der Waals surface area contributed by atoms with Crippen LogP contribution >= 0.6 is 59.1 Å². The van der Waals surface area contributed by atoms with E-state index in [0.717, 1.165) is 4.83 Å². The van der Waals surface area contributed by atoms with Crippen LogP contribution in [0.1, 0.15) is 44.6 Å². The van der Waals surface area contributed by atoms with E-state index in [9.17, 15) is 0 Å². The van der Waals surface area contributed by atoms with Gasteiger partial charge >= 0.3 is 0 Å². The van der Waals surface area contributed by atoms with Crippen LogP contribution in [0.15, 0.2) is 13.6 Å². The molecule has 0 aromatic carbocycles. The second kappa shape index (κ2) is 8.28. The van der Waals surface area contributed by atoms with E-state index >= 15 is 0 Å². The Kier molecular flexibility index (Phi) is 7.86. The summed E-state index contributed by atoms with van der Waals surface area (Å²) < 4.78 is 2.51. The van der Waals surface area contributed by atoms with Gasteiger partial charge in [0.25, 0.3) is 0 Å². The van der Waals surface area contributed by atoms with E-state index in [1.165, 1.54) is 51.7 Å². The Hall–Kier alpha value is 1.14. The van der Waals surface area contributed by atoms with Gasteiger partial charge < -0.3 is 0 Å². The summed E-state index contributed by atoms with van der Waals surface area (Å²) in [4.78, 5) is 0.717. The van der Waals surface area contributed by atoms with E-state index in [-0.39, 0.29) is 0 Å². The third-order valence-corrected chi connectivity index (χ3v) is 6.20. The van der Waals surface area contributed by atoms with Crippen molar-refractivity contribution in [3.05, 3.63) is 19.2 Å². The van der Waals surface area contributed by atoms with Crippen molar-refractivity contribution in [1.82, 2.24) is 0 Å². The molecular weight excluding hydrogens is 416 g/mol. The van der Waals surface area contributed by atoms with Crippen LogP contribution in [0.25, 0.3) is 0 Å². The van der Waals surface area contributed by atoms with E-state index < -0.39 is 0 Å². The number of aryl methyl sites for hydroxylation is 1. The summed E-state index contributed by atoms with van der Waals surface area (Å²) in [7, 11) is 0. The fraction of sp³-hybridized carbons (Fsp3) is 0.667. The van der Waals surface area contributed by atoms with Crippen molar-refractivity contribution in [2.24, 2.45) is 0 Å². The molecule has 1 rings (SSSR count). The number of rotatable bonds is 7. The van der Waals surface area contributed by atoms with Crippen LogP contribution in [0.5, 0.6) is 0 Å². The van der Waals surface area contributed by atoms with Crippen molar-refractivity contribution in [2.75, 3.05) is 0 Å². The Morgan fingerprint density at radius 1 is 1.25 bits per heavy atom. The molecule has 0 saturated heterocycles. The Bertz CT molecular complexity index is 309. The van der Waals surface area contributed by atoms with Crippen LogP contribution in [0, 0.1) is 0 Å². The normalized spacial score (nSPS) is 13.0. The van der Waals surface area contributed by atoms with Crippen LogP contribution in [0.3, 0.4) is 0 Å². The highest BCUT2D eigenvalue weighted by Gasteiger charge is 2.05. The highest BCUT2D eigenvalue weighted by molar-refractivity contribution is 9.12. The molecule has 0 spiro atoms. The van der Waals surface area contributed by atoms with Gasteiger partial charge in [-0.25, -0.2) is 0 Å². The van der Waals surface area contributed by atoms with Gasteiger partial charge in [-0.2, -0.15) is 0 Å². The first-order valence-electron chi connectivity index (χ1n) is 5.71. The predicted molar refractivity (Wildman–Crippen MR) is 84.9 cm³/mol. The third kappa shape index (κ3) is 5.65. The summed E-state index contributed by atoms with van der Waals surface area (Å²) in [6.07, 6.45) is 7.72. The smallest absolute Gasteiger partial charge is 0.0742 e. The molecule has 92 valence electrons. The SMILES string of the molecule is CCC(Br)CCCCCc1cc(Br)sc1Br. The van der Waals surface area contributed by atoms with Crippen molar-refractivity contribution < 1.29 is 0 Å². The quantitative estimate of drug-likeness (QED) is 0.338. The van der Waals surface area contributed by atoms with Gasteiger partial charge in [0.2, 0.25) is 0 Å². The topological polar surface area (TPSA) is 0 Å². The number of hydrogen-bond acceptors (Lipinski definition) is 1. The molecule has 0 aliphatic heterocycles. The predicted octanol–water partition coefficient (Wildman–Crippen LogP) is 6.55. The maximum atomic E-state index is 3.68. The van der Waals surface area contributed by atoms with E-state index in [2.05, 4.69) is 60.8 Å². The average Bonchev–Trinajstić information content (AvgIpc) is 2.56. The van der Waals surface area contributed by atoms with E-state index in [4.69, 9.17) is 0 Å². The molecule has 1 atom stereocenters. The Balaban J connectivity index is 2.14. The molecule has 1 unspecified atom stereocenters.